The molecule has 0 aliphatic carbocycles. The second-order valence-electron chi connectivity index (χ2n) is 1.25. The summed E-state index contributed by atoms with van der Waals surface area (Å²) in [4.78, 5) is 0.412. The summed E-state index contributed by atoms with van der Waals surface area (Å²) in [7, 11) is 0. The van der Waals surface area contributed by atoms with Gasteiger partial charge in [-0.05, 0) is 0 Å². The fourth-order valence-corrected chi connectivity index (χ4v) is 0.351. The first-order chi connectivity index (χ1) is 3.29. The van der Waals surface area contributed by atoms with E-state index in [0.29, 0.717) is 4.86 Å². The Morgan fingerprint density at radius 1 is 2.00 bits per heavy atom. The lowest BCUT2D eigenvalue weighted by molar-refractivity contribution is -0.513. The van der Waals surface area contributed by atoms with Crippen LogP contribution in [0.2, 0.25) is 0 Å². The second kappa shape index (κ2) is 1.22. The van der Waals surface area contributed by atoms with E-state index in [1.807, 2.05) is 0 Å². The Labute approximate surface area is 40.0 Å². The van der Waals surface area contributed by atoms with E-state index < -0.39 is 0 Å². The summed E-state index contributed by atoms with van der Waals surface area (Å²) in [6.07, 6.45) is 1.13. The predicted octanol–water partition coefficient (Wildman–Crippen LogP) is 0.362. The van der Waals surface area contributed by atoms with E-state index in [1.165, 1.54) is 0 Å². The zero-order valence-corrected chi connectivity index (χ0v) is 3.53. The van der Waals surface area contributed by atoms with Crippen LogP contribution in [0.1, 0.15) is 0 Å². The molecule has 4 nitrogen and oxygen atoms in total. The lowest BCUT2D eigenvalue weighted by Crippen LogP contribution is -1.97. The zero-order chi connectivity index (χ0) is 5.28. The number of aliphatic hydroxyl groups excluding tert-OH is 1. The predicted molar refractivity (Wildman–Crippen MR) is 21.6 cm³/mol. The SMILES string of the molecule is [O-][N+]1=NC=C(O)C1. The van der Waals surface area contributed by atoms with Gasteiger partial charge in [-0.3, -0.25) is 0 Å². The molecule has 0 aromatic heterocycles. The summed E-state index contributed by atoms with van der Waals surface area (Å²) in [5.41, 5.74) is 0. The molecule has 0 aromatic rings. The molecule has 38 valence electrons. The van der Waals surface area contributed by atoms with Crippen LogP contribution in [0.25, 0.3) is 0 Å². The zero-order valence-electron chi connectivity index (χ0n) is 3.53. The third-order valence-corrected chi connectivity index (χ3v) is 0.633. The lowest BCUT2D eigenvalue weighted by Gasteiger charge is -1.87. The maximum absolute atomic E-state index is 9.99. The second-order valence-corrected chi connectivity index (χ2v) is 1.25. The average molecular weight is 100 g/mol. The standard InChI is InChI=1S/C3H4N2O2/c6-3-1-4-5(7)2-3/h1,6H,2H2. The fourth-order valence-electron chi connectivity index (χ4n) is 0.351. The van der Waals surface area contributed by atoms with Crippen molar-refractivity contribution in [3.8, 4) is 0 Å². The van der Waals surface area contributed by atoms with Gasteiger partial charge in [0.2, 0.25) is 6.54 Å². The van der Waals surface area contributed by atoms with Crippen molar-refractivity contribution in [3.05, 3.63) is 17.2 Å². The van der Waals surface area contributed by atoms with Gasteiger partial charge in [0.25, 0.3) is 0 Å². The first kappa shape index (κ1) is 4.11. The molecule has 0 amide bonds. The van der Waals surface area contributed by atoms with Crippen LogP contribution in [0.15, 0.2) is 17.1 Å². The largest absolute Gasteiger partial charge is 0.599 e. The van der Waals surface area contributed by atoms with Gasteiger partial charge in [0.1, 0.15) is 6.20 Å². The smallest absolute Gasteiger partial charge is 0.238 e. The lowest BCUT2D eigenvalue weighted by atomic mass is 10.6. The molecule has 4 heteroatoms. The van der Waals surface area contributed by atoms with E-state index in [4.69, 9.17) is 5.11 Å². The molecule has 1 heterocycles. The van der Waals surface area contributed by atoms with E-state index in [2.05, 4.69) is 5.11 Å². The summed E-state index contributed by atoms with van der Waals surface area (Å²) < 4.78 is 0. The Bertz CT molecular complexity index is 122. The number of rotatable bonds is 0. The minimum absolute atomic E-state index is 0. The van der Waals surface area contributed by atoms with Crippen molar-refractivity contribution in [2.45, 2.75) is 0 Å². The van der Waals surface area contributed by atoms with Crippen LogP contribution in [0.3, 0.4) is 0 Å². The van der Waals surface area contributed by atoms with Crippen LogP contribution in [-0.4, -0.2) is 16.5 Å². The van der Waals surface area contributed by atoms with Gasteiger partial charge in [-0.1, -0.05) is 4.86 Å². The monoisotopic (exact) mass is 100 g/mol. The van der Waals surface area contributed by atoms with Crippen molar-refractivity contribution in [1.82, 2.24) is 0 Å². The number of hydrogen-bond donors (Lipinski definition) is 1. The molecule has 1 aliphatic heterocycles. The van der Waals surface area contributed by atoms with Gasteiger partial charge in [0.05, 0.1) is 0 Å². The summed E-state index contributed by atoms with van der Waals surface area (Å²) in [5, 5.41) is 21.6. The molecular weight excluding hydrogens is 96.0 g/mol. The first-order valence-corrected chi connectivity index (χ1v) is 1.82. The van der Waals surface area contributed by atoms with E-state index in [9.17, 15) is 5.21 Å². The van der Waals surface area contributed by atoms with Crippen LogP contribution < -0.4 is 0 Å². The van der Waals surface area contributed by atoms with Crippen LogP contribution in [0.4, 0.5) is 0 Å². The summed E-state index contributed by atoms with van der Waals surface area (Å²) in [6.45, 7) is 0. The van der Waals surface area contributed by atoms with Gasteiger partial charge in [-0.25, -0.2) is 0 Å². The normalized spacial score (nSPS) is 18.9. The van der Waals surface area contributed by atoms with Gasteiger partial charge in [-0.2, -0.15) is 0 Å². The first-order valence-electron chi connectivity index (χ1n) is 1.82. The van der Waals surface area contributed by atoms with E-state index in [1.54, 1.807) is 0 Å². The number of hydrogen-bond acceptors (Lipinski definition) is 3. The molecule has 7 heavy (non-hydrogen) atoms. The van der Waals surface area contributed by atoms with Gasteiger partial charge < -0.3 is 10.3 Å². The molecule has 0 aromatic carbocycles. The Morgan fingerprint density at radius 2 is 2.71 bits per heavy atom. The minimum atomic E-state index is 0. The van der Waals surface area contributed by atoms with Crippen molar-refractivity contribution >= 4 is 0 Å². The van der Waals surface area contributed by atoms with Crippen molar-refractivity contribution in [3.63, 3.8) is 0 Å². The molecule has 0 radical (unpaired) electrons. The minimum Gasteiger partial charge on any atom is -0.599 e. The van der Waals surface area contributed by atoms with Crippen LogP contribution in [0.5, 0.6) is 0 Å². The molecule has 0 atom stereocenters. The molecule has 0 saturated heterocycles. The topological polar surface area (TPSA) is 58.7 Å². The number of hydroxylamine groups is 1. The van der Waals surface area contributed by atoms with E-state index in [0.717, 1.165) is 6.20 Å². The highest BCUT2D eigenvalue weighted by atomic mass is 16.5. The Kier molecular flexibility index (Phi) is 0.714. The maximum Gasteiger partial charge on any atom is 0.238 e. The average Bonchev–Trinajstić information content (AvgIpc) is 1.87. The fraction of sp³-hybridized carbons (Fsp3) is 0.333. The third kappa shape index (κ3) is 0.677. The molecule has 0 unspecified atom stereocenters. The molecule has 0 fully saturated rings. The molecule has 1 N–H and O–H groups in total. The molecule has 1 aliphatic rings. The van der Waals surface area contributed by atoms with Gasteiger partial charge >= 0.3 is 0 Å². The molecule has 0 saturated carbocycles. The number of azo groups is 1. The van der Waals surface area contributed by atoms with Gasteiger partial charge in [0, 0.05) is 5.11 Å². The third-order valence-electron chi connectivity index (χ3n) is 0.633. The van der Waals surface area contributed by atoms with E-state index in [-0.39, 0.29) is 12.3 Å². The summed E-state index contributed by atoms with van der Waals surface area (Å²) in [6, 6.07) is 0. The van der Waals surface area contributed by atoms with Crippen molar-refractivity contribution in [1.29, 1.82) is 0 Å². The highest BCUT2D eigenvalue weighted by Crippen LogP contribution is 1.97. The number of aliphatic hydroxyl groups is 1. The molecule has 0 spiro atoms. The quantitative estimate of drug-likeness (QED) is 0.353. The molecule has 1 rings (SSSR count). The van der Waals surface area contributed by atoms with Crippen LogP contribution in [0, 0.1) is 5.21 Å². The van der Waals surface area contributed by atoms with E-state index >= 15 is 0 Å². The van der Waals surface area contributed by atoms with Crippen LogP contribution >= 0.6 is 0 Å². The van der Waals surface area contributed by atoms with Crippen molar-refractivity contribution in [2.75, 3.05) is 6.54 Å². The highest BCUT2D eigenvalue weighted by molar-refractivity contribution is 4.89. The van der Waals surface area contributed by atoms with Gasteiger partial charge in [-0.15, -0.1) is 0 Å². The molecular formula is C3H4N2O2. The summed E-state index contributed by atoms with van der Waals surface area (Å²) in [5.74, 6) is 0.0231. The highest BCUT2D eigenvalue weighted by Gasteiger charge is 2.06. The maximum atomic E-state index is 9.99. The summed E-state index contributed by atoms with van der Waals surface area (Å²) >= 11 is 0. The molecule has 0 bridgehead atoms. The van der Waals surface area contributed by atoms with Gasteiger partial charge in [0.15, 0.2) is 5.76 Å². The Hall–Kier alpha value is -1.06. The Balaban J connectivity index is 2.61. The van der Waals surface area contributed by atoms with Crippen LogP contribution in [-0.2, 0) is 0 Å². The van der Waals surface area contributed by atoms with Crippen molar-refractivity contribution < 1.29 is 9.97 Å². The van der Waals surface area contributed by atoms with Crippen molar-refractivity contribution in [2.24, 2.45) is 5.11 Å². The Morgan fingerprint density at radius 3 is 2.86 bits per heavy atom. The number of nitrogens with zero attached hydrogens (tertiary/aromatic N) is 2.